The molecule has 0 aliphatic heterocycles. The van der Waals surface area contributed by atoms with Gasteiger partial charge in [0.05, 0.1) is 17.1 Å². The van der Waals surface area contributed by atoms with E-state index in [0.29, 0.717) is 11.5 Å². The van der Waals surface area contributed by atoms with Crippen molar-refractivity contribution >= 4 is 21.7 Å². The van der Waals surface area contributed by atoms with E-state index in [4.69, 9.17) is 9.47 Å². The van der Waals surface area contributed by atoms with Gasteiger partial charge in [-0.15, -0.1) is 0 Å². The molecule has 0 amide bonds. The highest BCUT2D eigenvalue weighted by atomic mass is 32.2. The van der Waals surface area contributed by atoms with E-state index in [1.54, 1.807) is 37.3 Å². The number of anilines is 1. The van der Waals surface area contributed by atoms with Gasteiger partial charge in [0, 0.05) is 5.69 Å². The molecule has 0 bridgehead atoms. The summed E-state index contributed by atoms with van der Waals surface area (Å²) >= 11 is 0. The molecule has 3 aromatic rings. The van der Waals surface area contributed by atoms with Crippen molar-refractivity contribution in [1.29, 1.82) is 0 Å². The normalized spacial score (nSPS) is 11.0. The first-order valence-electron chi connectivity index (χ1n) is 9.02. The maximum absolute atomic E-state index is 12.7. The van der Waals surface area contributed by atoms with Crippen LogP contribution in [-0.2, 0) is 14.8 Å². The van der Waals surface area contributed by atoms with Gasteiger partial charge in [0.2, 0.25) is 0 Å². The van der Waals surface area contributed by atoms with Crippen molar-refractivity contribution < 1.29 is 22.7 Å². The molecule has 3 aromatic carbocycles. The third-order valence-corrected chi connectivity index (χ3v) is 5.48. The predicted octanol–water partition coefficient (Wildman–Crippen LogP) is 4.76. The van der Waals surface area contributed by atoms with E-state index in [9.17, 15) is 13.2 Å². The highest BCUT2D eigenvalue weighted by Gasteiger charge is 2.16. The van der Waals surface area contributed by atoms with Gasteiger partial charge in [-0.25, -0.2) is 13.2 Å². The van der Waals surface area contributed by atoms with Crippen LogP contribution in [0.4, 0.5) is 5.69 Å². The summed E-state index contributed by atoms with van der Waals surface area (Å²) in [5.41, 5.74) is 1.53. The smallest absolute Gasteiger partial charge is 0.338 e. The van der Waals surface area contributed by atoms with E-state index in [2.05, 4.69) is 4.72 Å². The van der Waals surface area contributed by atoms with E-state index < -0.39 is 16.0 Å². The monoisotopic (exact) mass is 411 g/mol. The summed E-state index contributed by atoms with van der Waals surface area (Å²) in [5, 5.41) is 0. The molecular weight excluding hydrogens is 390 g/mol. The van der Waals surface area contributed by atoms with Gasteiger partial charge < -0.3 is 9.47 Å². The predicted molar refractivity (Wildman–Crippen MR) is 111 cm³/mol. The van der Waals surface area contributed by atoms with Crippen molar-refractivity contribution in [2.75, 3.05) is 11.3 Å². The number of nitrogens with one attached hydrogen (secondary N) is 1. The molecule has 0 saturated heterocycles. The Morgan fingerprint density at radius 2 is 1.69 bits per heavy atom. The van der Waals surface area contributed by atoms with Gasteiger partial charge >= 0.3 is 5.97 Å². The second-order valence-corrected chi connectivity index (χ2v) is 7.93. The molecule has 0 fully saturated rings. The molecule has 0 aliphatic rings. The van der Waals surface area contributed by atoms with Crippen molar-refractivity contribution in [1.82, 2.24) is 0 Å². The lowest BCUT2D eigenvalue weighted by Crippen LogP contribution is -2.13. The number of sulfonamides is 1. The first-order chi connectivity index (χ1) is 13.9. The standard InChI is InChI=1S/C22H21NO5S/c1-3-27-22(24)17-8-6-9-18(15-17)23-29(25,26)20-13-11-19(12-14-20)28-21-10-5-4-7-16(21)2/h4-15,23H,3H2,1-2H3. The van der Waals surface area contributed by atoms with E-state index in [-0.39, 0.29) is 22.8 Å². The van der Waals surface area contributed by atoms with Gasteiger partial charge in [0.15, 0.2) is 0 Å². The van der Waals surface area contributed by atoms with Crippen LogP contribution in [0.25, 0.3) is 0 Å². The number of benzene rings is 3. The number of carbonyl (C=O) groups excluding carboxylic acids is 1. The van der Waals surface area contributed by atoms with E-state index in [0.717, 1.165) is 5.56 Å². The summed E-state index contributed by atoms with van der Waals surface area (Å²) in [5.74, 6) is 0.728. The summed E-state index contributed by atoms with van der Waals surface area (Å²) in [7, 11) is -3.82. The Morgan fingerprint density at radius 3 is 2.38 bits per heavy atom. The van der Waals surface area contributed by atoms with Crippen molar-refractivity contribution in [2.45, 2.75) is 18.7 Å². The van der Waals surface area contributed by atoms with Gasteiger partial charge in [-0.2, -0.15) is 0 Å². The van der Waals surface area contributed by atoms with Gasteiger partial charge in [-0.3, -0.25) is 4.72 Å². The number of carbonyl (C=O) groups is 1. The fourth-order valence-corrected chi connectivity index (χ4v) is 3.67. The quantitative estimate of drug-likeness (QED) is 0.567. The molecule has 0 saturated carbocycles. The largest absolute Gasteiger partial charge is 0.462 e. The first kappa shape index (κ1) is 20.4. The van der Waals surface area contributed by atoms with Crippen molar-refractivity contribution in [3.63, 3.8) is 0 Å². The minimum Gasteiger partial charge on any atom is -0.462 e. The molecule has 29 heavy (non-hydrogen) atoms. The zero-order valence-corrected chi connectivity index (χ0v) is 16.9. The SMILES string of the molecule is CCOC(=O)c1cccc(NS(=O)(=O)c2ccc(Oc3ccccc3C)cc2)c1. The van der Waals surface area contributed by atoms with E-state index >= 15 is 0 Å². The Bertz CT molecular complexity index is 1110. The maximum atomic E-state index is 12.7. The highest BCUT2D eigenvalue weighted by Crippen LogP contribution is 2.26. The minimum atomic E-state index is -3.82. The molecule has 0 atom stereocenters. The molecule has 3 rings (SSSR count). The van der Waals surface area contributed by atoms with Crippen LogP contribution in [0.2, 0.25) is 0 Å². The molecular formula is C22H21NO5S. The molecule has 7 heteroatoms. The molecule has 0 aromatic heterocycles. The Morgan fingerprint density at radius 1 is 0.966 bits per heavy atom. The number of para-hydroxylation sites is 1. The second-order valence-electron chi connectivity index (χ2n) is 6.25. The van der Waals surface area contributed by atoms with Crippen molar-refractivity contribution in [2.24, 2.45) is 0 Å². The van der Waals surface area contributed by atoms with Crippen LogP contribution in [-0.4, -0.2) is 21.0 Å². The van der Waals surface area contributed by atoms with Crippen LogP contribution in [0.3, 0.4) is 0 Å². The van der Waals surface area contributed by atoms with Gasteiger partial charge in [-0.05, 0) is 67.9 Å². The third kappa shape index (κ3) is 5.14. The van der Waals surface area contributed by atoms with E-state index in [1.807, 2.05) is 31.2 Å². The summed E-state index contributed by atoms with van der Waals surface area (Å²) in [6.07, 6.45) is 0. The number of hydrogen-bond donors (Lipinski definition) is 1. The Balaban J connectivity index is 1.75. The van der Waals surface area contributed by atoms with Gasteiger partial charge in [0.1, 0.15) is 11.5 Å². The third-order valence-electron chi connectivity index (χ3n) is 4.08. The summed E-state index contributed by atoms with van der Waals surface area (Å²) in [6, 6.07) is 19.8. The average Bonchev–Trinajstić information content (AvgIpc) is 2.70. The fraction of sp³-hybridized carbons (Fsp3) is 0.136. The number of aryl methyl sites for hydroxylation is 1. The van der Waals surface area contributed by atoms with Crippen LogP contribution >= 0.6 is 0 Å². The van der Waals surface area contributed by atoms with Gasteiger partial charge in [-0.1, -0.05) is 24.3 Å². The molecule has 0 heterocycles. The minimum absolute atomic E-state index is 0.0798. The molecule has 0 unspecified atom stereocenters. The Kier molecular flexibility index (Phi) is 6.19. The maximum Gasteiger partial charge on any atom is 0.338 e. The zero-order valence-electron chi connectivity index (χ0n) is 16.1. The molecule has 0 aliphatic carbocycles. The van der Waals surface area contributed by atoms with Crippen LogP contribution in [0, 0.1) is 6.92 Å². The van der Waals surface area contributed by atoms with Crippen LogP contribution < -0.4 is 9.46 Å². The summed E-state index contributed by atoms with van der Waals surface area (Å²) < 4.78 is 38.5. The lowest BCUT2D eigenvalue weighted by atomic mass is 10.2. The van der Waals surface area contributed by atoms with Gasteiger partial charge in [0.25, 0.3) is 10.0 Å². The summed E-state index contributed by atoms with van der Waals surface area (Å²) in [4.78, 5) is 11.9. The summed E-state index contributed by atoms with van der Waals surface area (Å²) in [6.45, 7) is 3.88. The van der Waals surface area contributed by atoms with Crippen molar-refractivity contribution in [3.05, 3.63) is 83.9 Å². The molecule has 1 N–H and O–H groups in total. The zero-order chi connectivity index (χ0) is 20.9. The first-order valence-corrected chi connectivity index (χ1v) is 10.5. The molecule has 150 valence electrons. The molecule has 0 radical (unpaired) electrons. The Hall–Kier alpha value is -3.32. The second kappa shape index (κ2) is 8.79. The van der Waals surface area contributed by atoms with Crippen LogP contribution in [0.5, 0.6) is 11.5 Å². The Labute approximate surface area is 170 Å². The van der Waals surface area contributed by atoms with Crippen LogP contribution in [0.1, 0.15) is 22.8 Å². The van der Waals surface area contributed by atoms with Crippen molar-refractivity contribution in [3.8, 4) is 11.5 Å². The highest BCUT2D eigenvalue weighted by molar-refractivity contribution is 7.92. The molecule has 0 spiro atoms. The number of rotatable bonds is 7. The van der Waals surface area contributed by atoms with Crippen LogP contribution in [0.15, 0.2) is 77.7 Å². The average molecular weight is 411 g/mol. The number of ether oxygens (including phenoxy) is 2. The number of esters is 1. The number of hydrogen-bond acceptors (Lipinski definition) is 5. The lowest BCUT2D eigenvalue weighted by molar-refractivity contribution is 0.0526. The lowest BCUT2D eigenvalue weighted by Gasteiger charge is -2.11. The van der Waals surface area contributed by atoms with E-state index in [1.165, 1.54) is 18.2 Å². The topological polar surface area (TPSA) is 81.7 Å². The fourth-order valence-electron chi connectivity index (χ4n) is 2.62. The molecule has 6 nitrogen and oxygen atoms in total.